The van der Waals surface area contributed by atoms with E-state index in [1.807, 2.05) is 6.07 Å². The molecule has 2 aliphatic carbocycles. The number of aromatic nitrogens is 1. The maximum atomic E-state index is 6.48. The van der Waals surface area contributed by atoms with Crippen molar-refractivity contribution in [2.45, 2.75) is 10.8 Å². The second-order valence-corrected chi connectivity index (χ2v) is 19.5. The van der Waals surface area contributed by atoms with E-state index in [1.165, 1.54) is 94.3 Å². The first kappa shape index (κ1) is 38.8. The van der Waals surface area contributed by atoms with Gasteiger partial charge in [0, 0.05) is 38.6 Å². The van der Waals surface area contributed by atoms with Crippen LogP contribution in [0.1, 0.15) is 44.5 Å². The van der Waals surface area contributed by atoms with Crippen LogP contribution in [0, 0.1) is 0 Å². The Kier molecular flexibility index (Phi) is 7.75. The molecule has 1 aliphatic heterocycles. The largest absolute Gasteiger partial charge is 0.456 e. The van der Waals surface area contributed by atoms with Gasteiger partial charge in [-0.25, -0.2) is 0 Å². The summed E-state index contributed by atoms with van der Waals surface area (Å²) in [5.74, 6) is 0. The average Bonchev–Trinajstić information content (AvgIpc) is 4.16. The molecule has 16 rings (SSSR count). The van der Waals surface area contributed by atoms with Gasteiger partial charge in [0.1, 0.15) is 11.2 Å². The summed E-state index contributed by atoms with van der Waals surface area (Å²) in [6, 6.07) is 95.0. The highest BCUT2D eigenvalue weighted by atomic mass is 16.3. The van der Waals surface area contributed by atoms with E-state index in [4.69, 9.17) is 4.42 Å². The van der Waals surface area contributed by atoms with E-state index in [2.05, 4.69) is 258 Å². The van der Waals surface area contributed by atoms with E-state index in [1.54, 1.807) is 0 Å². The summed E-state index contributed by atoms with van der Waals surface area (Å²) in [4.78, 5) is 2.49. The summed E-state index contributed by atoms with van der Waals surface area (Å²) in [7, 11) is 0. The number of benzene rings is 11. The number of furan rings is 1. The lowest BCUT2D eigenvalue weighted by Gasteiger charge is -2.40. The first-order valence-electron chi connectivity index (χ1n) is 24.7. The van der Waals surface area contributed by atoms with Crippen molar-refractivity contribution in [2.24, 2.45) is 0 Å². The predicted octanol–water partition coefficient (Wildman–Crippen LogP) is 17.2. The van der Waals surface area contributed by atoms with Crippen molar-refractivity contribution in [3.8, 4) is 27.9 Å². The molecule has 3 aliphatic rings. The lowest BCUT2D eigenvalue weighted by molar-refractivity contribution is 0.669. The van der Waals surface area contributed by atoms with Gasteiger partial charge in [-0.2, -0.15) is 0 Å². The second kappa shape index (κ2) is 14.2. The molecule has 71 heavy (non-hydrogen) atoms. The van der Waals surface area contributed by atoms with Crippen LogP contribution in [-0.2, 0) is 10.8 Å². The van der Waals surface area contributed by atoms with Gasteiger partial charge >= 0.3 is 0 Å². The van der Waals surface area contributed by atoms with Gasteiger partial charge in [-0.05, 0) is 127 Å². The number of nitrogens with zero attached hydrogens (tertiary/aromatic N) is 2. The number of rotatable bonds is 5. The first-order chi connectivity index (χ1) is 35.2. The van der Waals surface area contributed by atoms with Crippen LogP contribution in [0.3, 0.4) is 0 Å². The Morgan fingerprint density at radius 2 is 0.803 bits per heavy atom. The molecule has 330 valence electrons. The van der Waals surface area contributed by atoms with Crippen LogP contribution in [0.25, 0.3) is 71.7 Å². The van der Waals surface area contributed by atoms with Crippen molar-refractivity contribution in [1.29, 1.82) is 0 Å². The molecule has 3 heteroatoms. The summed E-state index contributed by atoms with van der Waals surface area (Å²) in [5, 5.41) is 4.73. The van der Waals surface area contributed by atoms with Crippen LogP contribution < -0.4 is 4.90 Å². The summed E-state index contributed by atoms with van der Waals surface area (Å²) in [5.41, 5.74) is 22.8. The molecule has 3 nitrogen and oxygen atoms in total. The molecule has 0 bridgehead atoms. The van der Waals surface area contributed by atoms with Crippen molar-refractivity contribution >= 4 is 60.8 Å². The zero-order valence-corrected chi connectivity index (χ0v) is 38.6. The molecule has 3 heterocycles. The molecular weight excluding hydrogens is 861 g/mol. The Balaban J connectivity index is 1.00. The normalized spacial score (nSPS) is 15.5. The van der Waals surface area contributed by atoms with Crippen molar-refractivity contribution < 1.29 is 4.42 Å². The third kappa shape index (κ3) is 4.92. The molecule has 1 spiro atoms. The molecule has 11 aromatic carbocycles. The molecule has 0 radical (unpaired) electrons. The molecule has 0 saturated carbocycles. The Morgan fingerprint density at radius 1 is 0.310 bits per heavy atom. The van der Waals surface area contributed by atoms with Gasteiger partial charge in [-0.3, -0.25) is 0 Å². The van der Waals surface area contributed by atoms with E-state index in [-0.39, 0.29) is 0 Å². The minimum Gasteiger partial charge on any atom is -0.456 e. The van der Waals surface area contributed by atoms with Crippen LogP contribution >= 0.6 is 0 Å². The second-order valence-electron chi connectivity index (χ2n) is 19.5. The average molecular weight is 903 g/mol. The lowest BCUT2D eigenvalue weighted by Crippen LogP contribution is -2.33. The minimum atomic E-state index is -0.603. The van der Waals surface area contributed by atoms with Crippen molar-refractivity contribution in [2.75, 3.05) is 4.90 Å². The molecule has 0 saturated heterocycles. The monoisotopic (exact) mass is 902 g/mol. The Hall–Kier alpha value is -9.18. The van der Waals surface area contributed by atoms with Crippen LogP contribution in [0.15, 0.2) is 259 Å². The fourth-order valence-electron chi connectivity index (χ4n) is 13.6. The Labute approximate surface area is 410 Å². The highest BCUT2D eigenvalue weighted by Gasteiger charge is 2.51. The van der Waals surface area contributed by atoms with Crippen molar-refractivity contribution in [3.05, 3.63) is 299 Å². The fraction of sp³-hybridized carbons (Fsp3) is 0.0294. The standard InChI is InChI=1S/C68H42N2O/c1-3-18-43(19-4-1)67(44-20-5-2-6-21-44)56-27-11-7-22-48(56)50-37-34-46(41-60(50)67)69(45-36-39-65-55(40-45)53-25-10-16-33-64(53)71-65)47-35-38-51-49-23-8-12-28-57(49)68(61(51)42-47)58-29-13-15-32-63(58)70-62-31-14-9-24-52(62)54-26-17-30-59(68)66(54)70/h1-42H. The first-order valence-corrected chi connectivity index (χ1v) is 24.7. The van der Waals surface area contributed by atoms with Gasteiger partial charge in [-0.15, -0.1) is 0 Å². The topological polar surface area (TPSA) is 21.3 Å². The fourth-order valence-corrected chi connectivity index (χ4v) is 13.6. The molecule has 1 unspecified atom stereocenters. The van der Waals surface area contributed by atoms with Gasteiger partial charge < -0.3 is 13.9 Å². The van der Waals surface area contributed by atoms with E-state index in [9.17, 15) is 0 Å². The number of para-hydroxylation sites is 4. The molecule has 1 atom stereocenters. The Morgan fingerprint density at radius 3 is 1.52 bits per heavy atom. The summed E-state index contributed by atoms with van der Waals surface area (Å²) >= 11 is 0. The minimum absolute atomic E-state index is 0.562. The SMILES string of the molecule is c1ccc(C2(c3ccccc3)c3ccccc3-c3ccc(N(c4ccc5c(c4)C4(c6ccccc6-5)c5ccccc5-n5c6ccccc6c6cccc4c65)c4ccc5oc6ccccc6c5c4)cc32)cc1. The molecule has 2 aromatic heterocycles. The molecule has 0 fully saturated rings. The molecule has 0 amide bonds. The van der Waals surface area contributed by atoms with E-state index >= 15 is 0 Å². The van der Waals surface area contributed by atoms with E-state index < -0.39 is 10.8 Å². The highest BCUT2D eigenvalue weighted by Crippen LogP contribution is 2.63. The van der Waals surface area contributed by atoms with Crippen molar-refractivity contribution in [1.82, 2.24) is 4.57 Å². The van der Waals surface area contributed by atoms with Gasteiger partial charge in [0.15, 0.2) is 0 Å². The molecule has 0 N–H and O–H groups in total. The summed E-state index contributed by atoms with van der Waals surface area (Å²) < 4.78 is 9.01. The third-order valence-electron chi connectivity index (χ3n) is 16.3. The number of anilines is 3. The summed E-state index contributed by atoms with van der Waals surface area (Å²) in [6.07, 6.45) is 0. The zero-order chi connectivity index (χ0) is 46.4. The lowest BCUT2D eigenvalue weighted by atomic mass is 9.65. The third-order valence-corrected chi connectivity index (χ3v) is 16.3. The van der Waals surface area contributed by atoms with E-state index in [0.717, 1.165) is 39.0 Å². The number of fused-ring (bicyclic) bond motifs is 18. The van der Waals surface area contributed by atoms with Crippen LogP contribution in [0.5, 0.6) is 0 Å². The van der Waals surface area contributed by atoms with Gasteiger partial charge in [0.25, 0.3) is 0 Å². The van der Waals surface area contributed by atoms with Crippen molar-refractivity contribution in [3.63, 3.8) is 0 Å². The van der Waals surface area contributed by atoms with Crippen LogP contribution in [0.4, 0.5) is 17.1 Å². The predicted molar refractivity (Wildman–Crippen MR) is 291 cm³/mol. The van der Waals surface area contributed by atoms with E-state index in [0.29, 0.717) is 0 Å². The van der Waals surface area contributed by atoms with Gasteiger partial charge in [0.05, 0.1) is 27.6 Å². The quantitative estimate of drug-likeness (QED) is 0.172. The smallest absolute Gasteiger partial charge is 0.135 e. The molecule has 13 aromatic rings. The highest BCUT2D eigenvalue weighted by molar-refractivity contribution is 6.13. The van der Waals surface area contributed by atoms with Gasteiger partial charge in [0.2, 0.25) is 0 Å². The van der Waals surface area contributed by atoms with Crippen LogP contribution in [-0.4, -0.2) is 4.57 Å². The van der Waals surface area contributed by atoms with Crippen LogP contribution in [0.2, 0.25) is 0 Å². The zero-order valence-electron chi connectivity index (χ0n) is 38.6. The number of hydrogen-bond donors (Lipinski definition) is 0. The maximum Gasteiger partial charge on any atom is 0.135 e. The maximum absolute atomic E-state index is 6.48. The van der Waals surface area contributed by atoms with Gasteiger partial charge in [-0.1, -0.05) is 194 Å². The summed E-state index contributed by atoms with van der Waals surface area (Å²) in [6.45, 7) is 0. The molecular formula is C68H42N2O. The number of hydrogen-bond acceptors (Lipinski definition) is 2. The Bertz CT molecular complexity index is 4330.